The Morgan fingerprint density at radius 2 is 2.10 bits per heavy atom. The fourth-order valence-corrected chi connectivity index (χ4v) is 1.19. The van der Waals surface area contributed by atoms with Gasteiger partial charge in [0.1, 0.15) is 0 Å². The molecule has 0 aromatic heterocycles. The molecule has 62 valence electrons. The lowest BCUT2D eigenvalue weighted by Gasteiger charge is -2.07. The maximum absolute atomic E-state index is 10.7. The second-order valence-corrected chi connectivity index (χ2v) is 4.10. The summed E-state index contributed by atoms with van der Waals surface area (Å²) in [7, 11) is -3.32. The Morgan fingerprint density at radius 3 is 2.40 bits per heavy atom. The summed E-state index contributed by atoms with van der Waals surface area (Å²) in [5.74, 6) is 0.188. The van der Waals surface area contributed by atoms with Crippen LogP contribution in [0.1, 0.15) is 13.8 Å². The highest BCUT2D eigenvalue weighted by Gasteiger charge is 2.11. The van der Waals surface area contributed by atoms with E-state index in [4.69, 9.17) is 11.6 Å². The molecule has 0 aliphatic carbocycles. The van der Waals surface area contributed by atoms with E-state index in [2.05, 4.69) is 4.18 Å². The zero-order chi connectivity index (χ0) is 8.20. The molecule has 0 fully saturated rings. The molecule has 0 saturated carbocycles. The van der Waals surface area contributed by atoms with Gasteiger partial charge < -0.3 is 0 Å². The van der Waals surface area contributed by atoms with Crippen LogP contribution in [0, 0.1) is 0 Å². The minimum Gasteiger partial charge on any atom is -0.266 e. The Hall–Kier alpha value is 0.200. The van der Waals surface area contributed by atoms with E-state index in [1.54, 1.807) is 6.92 Å². The van der Waals surface area contributed by atoms with Crippen molar-refractivity contribution in [2.75, 3.05) is 11.6 Å². The van der Waals surface area contributed by atoms with Crippen molar-refractivity contribution in [1.82, 2.24) is 0 Å². The van der Waals surface area contributed by atoms with E-state index in [-0.39, 0.29) is 11.6 Å². The molecule has 0 aliphatic rings. The van der Waals surface area contributed by atoms with E-state index in [1.807, 2.05) is 0 Å². The molecule has 10 heavy (non-hydrogen) atoms. The predicted molar refractivity (Wildman–Crippen MR) is 40.7 cm³/mol. The third-order valence-electron chi connectivity index (χ3n) is 0.882. The smallest absolute Gasteiger partial charge is 0.266 e. The van der Waals surface area contributed by atoms with Gasteiger partial charge in [0.2, 0.25) is 0 Å². The number of hydrogen-bond donors (Lipinski definition) is 0. The maximum Gasteiger partial charge on any atom is 0.267 e. The third-order valence-corrected chi connectivity index (χ3v) is 2.65. The van der Waals surface area contributed by atoms with Crippen molar-refractivity contribution in [2.24, 2.45) is 0 Å². The van der Waals surface area contributed by atoms with Crippen molar-refractivity contribution in [3.8, 4) is 0 Å². The first kappa shape index (κ1) is 10.2. The van der Waals surface area contributed by atoms with Crippen LogP contribution in [0.15, 0.2) is 0 Å². The number of rotatable bonds is 4. The lowest BCUT2D eigenvalue weighted by Crippen LogP contribution is -2.17. The van der Waals surface area contributed by atoms with Gasteiger partial charge >= 0.3 is 0 Å². The quantitative estimate of drug-likeness (QED) is 0.486. The van der Waals surface area contributed by atoms with Gasteiger partial charge in [-0.1, -0.05) is 0 Å². The van der Waals surface area contributed by atoms with Crippen LogP contribution in [0.4, 0.5) is 0 Å². The van der Waals surface area contributed by atoms with Crippen LogP contribution in [0.3, 0.4) is 0 Å². The third kappa shape index (κ3) is 4.09. The highest BCUT2D eigenvalue weighted by atomic mass is 35.5. The second-order valence-electron chi connectivity index (χ2n) is 1.91. The maximum atomic E-state index is 10.7. The van der Waals surface area contributed by atoms with E-state index in [0.717, 1.165) is 0 Å². The van der Waals surface area contributed by atoms with E-state index < -0.39 is 16.2 Å². The molecule has 0 saturated heterocycles. The van der Waals surface area contributed by atoms with Crippen LogP contribution >= 0.6 is 11.6 Å². The fourth-order valence-electron chi connectivity index (χ4n) is 0.344. The summed E-state index contributed by atoms with van der Waals surface area (Å²) < 4.78 is 26.0. The molecule has 1 atom stereocenters. The first-order chi connectivity index (χ1) is 4.52. The van der Waals surface area contributed by atoms with E-state index in [1.165, 1.54) is 6.92 Å². The van der Waals surface area contributed by atoms with Crippen LogP contribution in [0.25, 0.3) is 0 Å². The molecule has 0 radical (unpaired) electrons. The van der Waals surface area contributed by atoms with Crippen molar-refractivity contribution >= 4 is 21.7 Å². The molecule has 0 aromatic rings. The first-order valence-corrected chi connectivity index (χ1v) is 5.10. The lowest BCUT2D eigenvalue weighted by molar-refractivity contribution is 0.252. The molecular formula is C5H11ClO3S. The van der Waals surface area contributed by atoms with Crippen LogP contribution in [0.2, 0.25) is 0 Å². The van der Waals surface area contributed by atoms with Gasteiger partial charge in [-0.3, -0.25) is 4.18 Å². The minimum atomic E-state index is -3.32. The molecule has 0 aromatic carbocycles. The summed E-state index contributed by atoms with van der Waals surface area (Å²) in [5.41, 5.74) is 0. The Labute approximate surface area is 66.5 Å². The Bertz CT molecular complexity index is 175. The topological polar surface area (TPSA) is 43.4 Å². The first-order valence-electron chi connectivity index (χ1n) is 2.98. The van der Waals surface area contributed by atoms with Gasteiger partial charge in [0, 0.05) is 5.88 Å². The van der Waals surface area contributed by atoms with Crippen molar-refractivity contribution in [3.63, 3.8) is 0 Å². The van der Waals surface area contributed by atoms with Gasteiger partial charge in [-0.2, -0.15) is 8.42 Å². The summed E-state index contributed by atoms with van der Waals surface area (Å²) in [6, 6.07) is 0. The average molecular weight is 187 g/mol. The fraction of sp³-hybridized carbons (Fsp3) is 1.00. The van der Waals surface area contributed by atoms with Crippen molar-refractivity contribution in [1.29, 1.82) is 0 Å². The molecule has 0 heterocycles. The Morgan fingerprint density at radius 1 is 1.60 bits per heavy atom. The SMILES string of the molecule is CCS(=O)(=O)O[C@H](C)CCl. The summed E-state index contributed by atoms with van der Waals surface area (Å²) in [4.78, 5) is 0. The molecule has 0 spiro atoms. The van der Waals surface area contributed by atoms with Gasteiger partial charge in [0.15, 0.2) is 0 Å². The summed E-state index contributed by atoms with van der Waals surface area (Å²) in [6.45, 7) is 3.14. The van der Waals surface area contributed by atoms with Crippen LogP contribution < -0.4 is 0 Å². The second kappa shape index (κ2) is 4.16. The van der Waals surface area contributed by atoms with Crippen molar-refractivity contribution in [2.45, 2.75) is 20.0 Å². The van der Waals surface area contributed by atoms with Crippen molar-refractivity contribution in [3.05, 3.63) is 0 Å². The van der Waals surface area contributed by atoms with Gasteiger partial charge in [-0.15, -0.1) is 11.6 Å². The molecular weight excluding hydrogens is 176 g/mol. The molecule has 0 rings (SSSR count). The summed E-state index contributed by atoms with van der Waals surface area (Å²) in [6.07, 6.45) is -0.424. The predicted octanol–water partition coefficient (Wildman–Crippen LogP) is 0.980. The lowest BCUT2D eigenvalue weighted by atomic mass is 10.5. The Balaban J connectivity index is 3.90. The van der Waals surface area contributed by atoms with Gasteiger partial charge in [0.05, 0.1) is 11.9 Å². The molecule has 0 amide bonds. The van der Waals surface area contributed by atoms with Gasteiger partial charge in [-0.25, -0.2) is 0 Å². The molecule has 0 aliphatic heterocycles. The normalized spacial score (nSPS) is 15.1. The van der Waals surface area contributed by atoms with Crippen LogP contribution in [-0.4, -0.2) is 26.2 Å². The molecule has 5 heteroatoms. The molecule has 0 bridgehead atoms. The zero-order valence-corrected chi connectivity index (χ0v) is 7.57. The van der Waals surface area contributed by atoms with Gasteiger partial charge in [0.25, 0.3) is 10.1 Å². The molecule has 3 nitrogen and oxygen atoms in total. The van der Waals surface area contributed by atoms with Crippen LogP contribution in [0.5, 0.6) is 0 Å². The number of hydrogen-bond acceptors (Lipinski definition) is 3. The Kier molecular flexibility index (Phi) is 4.24. The molecule has 0 unspecified atom stereocenters. The molecule has 0 N–H and O–H groups in total. The monoisotopic (exact) mass is 186 g/mol. The standard InChI is InChI=1S/C5H11ClO3S/c1-3-10(7,8)9-5(2)4-6/h5H,3-4H2,1-2H3/t5-/m1/s1. The van der Waals surface area contributed by atoms with Gasteiger partial charge in [-0.05, 0) is 13.8 Å². The van der Waals surface area contributed by atoms with E-state index >= 15 is 0 Å². The van der Waals surface area contributed by atoms with E-state index in [0.29, 0.717) is 0 Å². The zero-order valence-electron chi connectivity index (χ0n) is 6.00. The average Bonchev–Trinajstić information content (AvgIpc) is 1.87. The highest BCUT2D eigenvalue weighted by Crippen LogP contribution is 2.00. The summed E-state index contributed by atoms with van der Waals surface area (Å²) >= 11 is 5.33. The number of alkyl halides is 1. The van der Waals surface area contributed by atoms with Crippen LogP contribution in [-0.2, 0) is 14.3 Å². The van der Waals surface area contributed by atoms with E-state index in [9.17, 15) is 8.42 Å². The minimum absolute atomic E-state index is 0.00573. The highest BCUT2D eigenvalue weighted by molar-refractivity contribution is 7.86. The largest absolute Gasteiger partial charge is 0.267 e. The number of halogens is 1. The van der Waals surface area contributed by atoms with Crippen molar-refractivity contribution < 1.29 is 12.6 Å². The summed E-state index contributed by atoms with van der Waals surface area (Å²) in [5, 5.41) is 0.